The number of benzene rings is 2. The largest absolute Gasteiger partial charge is 0.345 e. The van der Waals surface area contributed by atoms with E-state index in [-0.39, 0.29) is 23.4 Å². The van der Waals surface area contributed by atoms with E-state index in [4.69, 9.17) is 0 Å². The summed E-state index contributed by atoms with van der Waals surface area (Å²) in [5.74, 6) is -1.60. The van der Waals surface area contributed by atoms with E-state index < -0.39 is 30.2 Å². The SMILES string of the molecule is CC(NC(=O)CNC(=O)c1ccc(F)cc1)c1nc2ccccc2n1C(F)F. The van der Waals surface area contributed by atoms with E-state index in [0.717, 1.165) is 16.7 Å². The lowest BCUT2D eigenvalue weighted by atomic mass is 10.2. The number of amides is 2. The maximum atomic E-state index is 13.5. The molecule has 0 saturated heterocycles. The fourth-order valence-corrected chi connectivity index (χ4v) is 2.79. The highest BCUT2D eigenvalue weighted by molar-refractivity contribution is 5.96. The van der Waals surface area contributed by atoms with Crippen LogP contribution in [0.2, 0.25) is 0 Å². The molecule has 0 fully saturated rings. The first kappa shape index (κ1) is 19.4. The van der Waals surface area contributed by atoms with Gasteiger partial charge in [0.2, 0.25) is 5.91 Å². The summed E-state index contributed by atoms with van der Waals surface area (Å²) in [7, 11) is 0. The number of carbonyl (C=O) groups excluding carboxylic acids is 2. The van der Waals surface area contributed by atoms with Crippen molar-refractivity contribution in [2.45, 2.75) is 19.5 Å². The second-order valence-electron chi connectivity index (χ2n) is 6.09. The maximum Gasteiger partial charge on any atom is 0.320 e. The Morgan fingerprint density at radius 2 is 1.79 bits per heavy atom. The predicted molar refractivity (Wildman–Crippen MR) is 96.3 cm³/mol. The fourth-order valence-electron chi connectivity index (χ4n) is 2.79. The van der Waals surface area contributed by atoms with E-state index in [2.05, 4.69) is 15.6 Å². The van der Waals surface area contributed by atoms with Crippen LogP contribution in [-0.4, -0.2) is 27.9 Å². The number of fused-ring (bicyclic) bond motifs is 1. The van der Waals surface area contributed by atoms with Gasteiger partial charge >= 0.3 is 6.55 Å². The molecule has 1 atom stereocenters. The number of rotatable bonds is 6. The summed E-state index contributed by atoms with van der Waals surface area (Å²) in [5, 5.41) is 4.93. The molecule has 3 aromatic rings. The van der Waals surface area contributed by atoms with Gasteiger partial charge in [-0.2, -0.15) is 8.78 Å². The first-order valence-corrected chi connectivity index (χ1v) is 8.45. The average Bonchev–Trinajstić information content (AvgIpc) is 3.06. The molecule has 0 spiro atoms. The third-order valence-corrected chi connectivity index (χ3v) is 4.10. The molecule has 0 bridgehead atoms. The molecule has 0 aliphatic carbocycles. The Kier molecular flexibility index (Phi) is 5.62. The Morgan fingerprint density at radius 3 is 2.46 bits per heavy atom. The number of hydrogen-bond donors (Lipinski definition) is 2. The molecule has 28 heavy (non-hydrogen) atoms. The van der Waals surface area contributed by atoms with E-state index in [9.17, 15) is 22.8 Å². The predicted octanol–water partition coefficient (Wildman–Crippen LogP) is 3.18. The number of carbonyl (C=O) groups is 2. The quantitative estimate of drug-likeness (QED) is 0.679. The van der Waals surface area contributed by atoms with Gasteiger partial charge in [-0.1, -0.05) is 12.1 Å². The molecule has 146 valence electrons. The molecule has 0 radical (unpaired) electrons. The minimum Gasteiger partial charge on any atom is -0.345 e. The molecular formula is C19H17F3N4O2. The van der Waals surface area contributed by atoms with Gasteiger partial charge < -0.3 is 10.6 Å². The molecule has 3 rings (SSSR count). The number of imidazole rings is 1. The molecule has 2 aromatic carbocycles. The second kappa shape index (κ2) is 8.12. The molecular weight excluding hydrogens is 373 g/mol. The number of alkyl halides is 2. The van der Waals surface area contributed by atoms with Gasteiger partial charge in [0, 0.05) is 5.56 Å². The van der Waals surface area contributed by atoms with Gasteiger partial charge in [-0.25, -0.2) is 9.37 Å². The molecule has 0 aliphatic heterocycles. The summed E-state index contributed by atoms with van der Waals surface area (Å²) in [6, 6.07) is 10.5. The molecule has 2 amide bonds. The topological polar surface area (TPSA) is 76.0 Å². The Morgan fingerprint density at radius 1 is 1.11 bits per heavy atom. The number of halogens is 3. The summed E-state index contributed by atoms with van der Waals surface area (Å²) in [6.07, 6.45) is 0. The fraction of sp³-hybridized carbons (Fsp3) is 0.211. The highest BCUT2D eigenvalue weighted by atomic mass is 19.3. The van der Waals surface area contributed by atoms with Crippen LogP contribution in [0.3, 0.4) is 0 Å². The van der Waals surface area contributed by atoms with Crippen LogP contribution in [0.1, 0.15) is 35.7 Å². The Balaban J connectivity index is 1.66. The highest BCUT2D eigenvalue weighted by Crippen LogP contribution is 2.26. The molecule has 0 saturated carbocycles. The van der Waals surface area contributed by atoms with E-state index in [1.54, 1.807) is 18.2 Å². The van der Waals surface area contributed by atoms with Crippen LogP contribution in [0.4, 0.5) is 13.2 Å². The van der Waals surface area contributed by atoms with Gasteiger partial charge in [0.15, 0.2) is 0 Å². The van der Waals surface area contributed by atoms with Crippen molar-refractivity contribution in [2.75, 3.05) is 6.54 Å². The molecule has 1 unspecified atom stereocenters. The van der Waals surface area contributed by atoms with E-state index in [1.165, 1.54) is 25.1 Å². The first-order valence-electron chi connectivity index (χ1n) is 8.45. The van der Waals surface area contributed by atoms with Crippen LogP contribution < -0.4 is 10.6 Å². The second-order valence-corrected chi connectivity index (χ2v) is 6.09. The lowest BCUT2D eigenvalue weighted by Crippen LogP contribution is -2.38. The molecule has 9 heteroatoms. The summed E-state index contributed by atoms with van der Waals surface area (Å²) in [5.41, 5.74) is 0.850. The number of hydrogen-bond acceptors (Lipinski definition) is 3. The zero-order valence-corrected chi connectivity index (χ0v) is 14.8. The molecule has 1 heterocycles. The van der Waals surface area contributed by atoms with Gasteiger partial charge in [0.25, 0.3) is 5.91 Å². The van der Waals surface area contributed by atoms with Crippen molar-refractivity contribution in [3.8, 4) is 0 Å². The molecule has 2 N–H and O–H groups in total. The van der Waals surface area contributed by atoms with Crippen molar-refractivity contribution in [1.82, 2.24) is 20.2 Å². The number of nitrogens with one attached hydrogen (secondary N) is 2. The monoisotopic (exact) mass is 390 g/mol. The molecule has 6 nitrogen and oxygen atoms in total. The Bertz CT molecular complexity index is 1000. The lowest BCUT2D eigenvalue weighted by Gasteiger charge is -2.16. The van der Waals surface area contributed by atoms with Crippen molar-refractivity contribution in [3.05, 3.63) is 65.7 Å². The zero-order chi connectivity index (χ0) is 20.3. The number of nitrogens with zero attached hydrogens (tertiary/aromatic N) is 2. The van der Waals surface area contributed by atoms with E-state index in [1.807, 2.05) is 0 Å². The van der Waals surface area contributed by atoms with Crippen LogP contribution in [0.5, 0.6) is 0 Å². The molecule has 0 aliphatic rings. The number of para-hydroxylation sites is 2. The zero-order valence-electron chi connectivity index (χ0n) is 14.8. The minimum atomic E-state index is -2.82. The third kappa shape index (κ3) is 4.13. The summed E-state index contributed by atoms with van der Waals surface area (Å²) >= 11 is 0. The summed E-state index contributed by atoms with van der Waals surface area (Å²) in [6.45, 7) is -1.66. The Labute approximate surface area is 158 Å². The third-order valence-electron chi connectivity index (χ3n) is 4.10. The van der Waals surface area contributed by atoms with Crippen molar-refractivity contribution in [2.24, 2.45) is 0 Å². The number of aromatic nitrogens is 2. The van der Waals surface area contributed by atoms with Crippen LogP contribution in [-0.2, 0) is 4.79 Å². The van der Waals surface area contributed by atoms with Gasteiger partial charge in [0.1, 0.15) is 11.6 Å². The average molecular weight is 390 g/mol. The van der Waals surface area contributed by atoms with Crippen molar-refractivity contribution < 1.29 is 22.8 Å². The molecule has 1 aromatic heterocycles. The smallest absolute Gasteiger partial charge is 0.320 e. The van der Waals surface area contributed by atoms with E-state index >= 15 is 0 Å². The van der Waals surface area contributed by atoms with Crippen molar-refractivity contribution in [3.63, 3.8) is 0 Å². The van der Waals surface area contributed by atoms with Crippen molar-refractivity contribution in [1.29, 1.82) is 0 Å². The van der Waals surface area contributed by atoms with Gasteiger partial charge in [-0.15, -0.1) is 0 Å². The van der Waals surface area contributed by atoms with Crippen LogP contribution in [0.15, 0.2) is 48.5 Å². The first-order chi connectivity index (χ1) is 13.4. The normalized spacial score (nSPS) is 12.2. The summed E-state index contributed by atoms with van der Waals surface area (Å²) in [4.78, 5) is 28.2. The van der Waals surface area contributed by atoms with Crippen LogP contribution in [0.25, 0.3) is 11.0 Å². The van der Waals surface area contributed by atoms with E-state index in [0.29, 0.717) is 5.52 Å². The summed E-state index contributed by atoms with van der Waals surface area (Å²) < 4.78 is 40.6. The van der Waals surface area contributed by atoms with Crippen LogP contribution in [0, 0.1) is 5.82 Å². The lowest BCUT2D eigenvalue weighted by molar-refractivity contribution is -0.120. The maximum absolute atomic E-state index is 13.5. The van der Waals surface area contributed by atoms with Crippen LogP contribution >= 0.6 is 0 Å². The Hall–Kier alpha value is -3.36. The minimum absolute atomic E-state index is 0.00871. The standard InChI is InChI=1S/C19H17F3N4O2/c1-11(17-25-14-4-2-3-5-15(14)26(17)19(21)22)24-16(27)10-23-18(28)12-6-8-13(20)9-7-12/h2-9,11,19H,10H2,1H3,(H,23,28)(H,24,27). The van der Waals surface area contributed by atoms with Crippen molar-refractivity contribution >= 4 is 22.8 Å². The highest BCUT2D eigenvalue weighted by Gasteiger charge is 2.23. The van der Waals surface area contributed by atoms with Gasteiger partial charge in [-0.3, -0.25) is 14.2 Å². The van der Waals surface area contributed by atoms with Gasteiger partial charge in [-0.05, 0) is 43.3 Å². The van der Waals surface area contributed by atoms with Gasteiger partial charge in [0.05, 0.1) is 23.6 Å².